The molecule has 1 heterocycles. The predicted molar refractivity (Wildman–Crippen MR) is 106 cm³/mol. The molecule has 1 saturated heterocycles. The average molecular weight is 393 g/mol. The van der Waals surface area contributed by atoms with E-state index >= 15 is 0 Å². The number of carbonyl (C=O) groups is 1. The van der Waals surface area contributed by atoms with Gasteiger partial charge in [0, 0.05) is 25.8 Å². The van der Waals surface area contributed by atoms with Gasteiger partial charge in [-0.3, -0.25) is 9.10 Å². The Labute approximate surface area is 162 Å². The van der Waals surface area contributed by atoms with Gasteiger partial charge in [-0.1, -0.05) is 23.8 Å². The molecule has 1 aromatic carbocycles. The number of aryl methyl sites for hydroxylation is 1. The third-order valence-corrected chi connectivity index (χ3v) is 6.14. The van der Waals surface area contributed by atoms with Gasteiger partial charge in [0.25, 0.3) is 10.0 Å². The van der Waals surface area contributed by atoms with Crippen molar-refractivity contribution in [1.82, 2.24) is 9.21 Å². The molecule has 0 radical (unpaired) electrons. The third kappa shape index (κ3) is 6.22. The van der Waals surface area contributed by atoms with Crippen LogP contribution in [0.5, 0.6) is 0 Å². The van der Waals surface area contributed by atoms with Crippen LogP contribution in [0.1, 0.15) is 24.8 Å². The second kappa shape index (κ2) is 10.3. The minimum absolute atomic E-state index is 0.0156. The third-order valence-electron chi connectivity index (χ3n) is 4.35. The quantitative estimate of drug-likeness (QED) is 0.454. The van der Waals surface area contributed by atoms with E-state index in [0.29, 0.717) is 13.0 Å². The lowest BCUT2D eigenvalue weighted by atomic mass is 10.2. The molecule has 0 N–H and O–H groups in total. The van der Waals surface area contributed by atoms with E-state index in [1.165, 1.54) is 10.5 Å². The van der Waals surface area contributed by atoms with Crippen LogP contribution in [0.3, 0.4) is 0 Å². The van der Waals surface area contributed by atoms with E-state index in [2.05, 4.69) is 6.58 Å². The van der Waals surface area contributed by atoms with E-state index in [1.807, 2.05) is 6.92 Å². The van der Waals surface area contributed by atoms with Crippen molar-refractivity contribution in [2.45, 2.75) is 31.1 Å². The molecule has 1 aliphatic heterocycles. The Balaban J connectivity index is 1.94. The topological polar surface area (TPSA) is 66.9 Å². The zero-order valence-electron chi connectivity index (χ0n) is 15.8. The van der Waals surface area contributed by atoms with Crippen LogP contribution >= 0.6 is 0 Å². The Kier molecular flexibility index (Phi) is 8.06. The Hall–Kier alpha value is -2.12. The van der Waals surface area contributed by atoms with Gasteiger partial charge in [0.05, 0.1) is 11.5 Å². The molecule has 1 aromatic rings. The molecule has 0 aliphatic carbocycles. The number of sulfonamides is 1. The predicted octanol–water partition coefficient (Wildman–Crippen LogP) is 2.71. The van der Waals surface area contributed by atoms with E-state index in [0.717, 1.165) is 31.5 Å². The minimum atomic E-state index is -3.64. The highest BCUT2D eigenvalue weighted by molar-refractivity contribution is 7.89. The highest BCUT2D eigenvalue weighted by Crippen LogP contribution is 2.17. The van der Waals surface area contributed by atoms with Gasteiger partial charge in [-0.2, -0.15) is 0 Å². The van der Waals surface area contributed by atoms with Crippen LogP contribution < -0.4 is 0 Å². The summed E-state index contributed by atoms with van der Waals surface area (Å²) >= 11 is 0. The fourth-order valence-corrected chi connectivity index (χ4v) is 4.11. The van der Waals surface area contributed by atoms with Gasteiger partial charge in [0.1, 0.15) is 6.61 Å². The molecule has 2 rings (SSSR count). The lowest BCUT2D eigenvalue weighted by Crippen LogP contribution is -2.31. The van der Waals surface area contributed by atoms with Crippen molar-refractivity contribution in [3.8, 4) is 0 Å². The van der Waals surface area contributed by atoms with Gasteiger partial charge >= 0.3 is 0 Å². The lowest BCUT2D eigenvalue weighted by Gasteiger charge is -2.20. The maximum atomic E-state index is 12.8. The molecule has 27 heavy (non-hydrogen) atoms. The Morgan fingerprint density at radius 2 is 1.93 bits per heavy atom. The largest absolute Gasteiger partial charge is 0.368 e. The first-order valence-electron chi connectivity index (χ1n) is 9.16. The summed E-state index contributed by atoms with van der Waals surface area (Å²) < 4.78 is 32.3. The number of carbonyl (C=O) groups excluding carboxylic acids is 1. The van der Waals surface area contributed by atoms with Crippen LogP contribution in [0.25, 0.3) is 0 Å². The molecule has 0 unspecified atom stereocenters. The molecule has 1 aliphatic rings. The first kappa shape index (κ1) is 21.2. The minimum Gasteiger partial charge on any atom is -0.368 e. The smallest absolute Gasteiger partial charge is 0.263 e. The SMILES string of the molecule is C=CCCN(/C=C/COCC(=O)N1CCCC1)S(=O)(=O)c1ccc(C)cc1. The number of nitrogens with zero attached hydrogens (tertiary/aromatic N) is 2. The van der Waals surface area contributed by atoms with Crippen molar-refractivity contribution in [2.75, 3.05) is 32.8 Å². The number of ether oxygens (including phenoxy) is 1. The van der Waals surface area contributed by atoms with Gasteiger partial charge in [-0.05, 0) is 44.4 Å². The van der Waals surface area contributed by atoms with E-state index < -0.39 is 10.0 Å². The molecule has 0 atom stereocenters. The van der Waals surface area contributed by atoms with Crippen LogP contribution in [-0.4, -0.2) is 56.4 Å². The average Bonchev–Trinajstić information content (AvgIpc) is 3.18. The van der Waals surface area contributed by atoms with Gasteiger partial charge < -0.3 is 9.64 Å². The number of rotatable bonds is 10. The van der Waals surface area contributed by atoms with Crippen LogP contribution in [-0.2, 0) is 19.6 Å². The molecule has 148 valence electrons. The molecular formula is C20H28N2O4S. The second-order valence-corrected chi connectivity index (χ2v) is 8.38. The summed E-state index contributed by atoms with van der Waals surface area (Å²) in [5.41, 5.74) is 0.998. The monoisotopic (exact) mass is 392 g/mol. The fraction of sp³-hybridized carbons (Fsp3) is 0.450. The van der Waals surface area contributed by atoms with Crippen LogP contribution in [0.4, 0.5) is 0 Å². The fourth-order valence-electron chi connectivity index (χ4n) is 2.77. The lowest BCUT2D eigenvalue weighted by molar-refractivity contribution is -0.134. The van der Waals surface area contributed by atoms with Gasteiger partial charge in [-0.15, -0.1) is 6.58 Å². The first-order valence-corrected chi connectivity index (χ1v) is 10.6. The van der Waals surface area contributed by atoms with Crippen molar-refractivity contribution in [3.05, 3.63) is 54.8 Å². The summed E-state index contributed by atoms with van der Waals surface area (Å²) in [5.74, 6) is -0.0170. The summed E-state index contributed by atoms with van der Waals surface area (Å²) in [6.45, 7) is 7.63. The van der Waals surface area contributed by atoms with E-state index in [-0.39, 0.29) is 24.0 Å². The maximum Gasteiger partial charge on any atom is 0.263 e. The van der Waals surface area contributed by atoms with Crippen molar-refractivity contribution in [2.24, 2.45) is 0 Å². The summed E-state index contributed by atoms with van der Waals surface area (Å²) in [6, 6.07) is 6.75. The molecule has 0 bridgehead atoms. The van der Waals surface area contributed by atoms with Crippen molar-refractivity contribution >= 4 is 15.9 Å². The van der Waals surface area contributed by atoms with Crippen molar-refractivity contribution < 1.29 is 17.9 Å². The van der Waals surface area contributed by atoms with Crippen molar-refractivity contribution in [1.29, 1.82) is 0 Å². The second-order valence-electron chi connectivity index (χ2n) is 6.49. The summed E-state index contributed by atoms with van der Waals surface area (Å²) in [6.07, 6.45) is 7.41. The normalized spacial score (nSPS) is 14.6. The van der Waals surface area contributed by atoms with Crippen LogP contribution in [0, 0.1) is 6.92 Å². The molecule has 6 nitrogen and oxygen atoms in total. The zero-order valence-corrected chi connectivity index (χ0v) is 16.7. The van der Waals surface area contributed by atoms with E-state index in [9.17, 15) is 13.2 Å². The summed E-state index contributed by atoms with van der Waals surface area (Å²) in [5, 5.41) is 0. The summed E-state index contributed by atoms with van der Waals surface area (Å²) in [4.78, 5) is 14.0. The molecular weight excluding hydrogens is 364 g/mol. The Morgan fingerprint density at radius 1 is 1.26 bits per heavy atom. The number of hydrogen-bond acceptors (Lipinski definition) is 4. The van der Waals surface area contributed by atoms with Crippen LogP contribution in [0.2, 0.25) is 0 Å². The number of hydrogen-bond donors (Lipinski definition) is 0. The Bertz CT molecular complexity index is 751. The molecule has 7 heteroatoms. The molecule has 0 aromatic heterocycles. The maximum absolute atomic E-state index is 12.8. The standard InChI is InChI=1S/C20H28N2O4S/c1-3-4-14-22(27(24,25)19-10-8-18(2)9-11-19)15-7-16-26-17-20(23)21-12-5-6-13-21/h3,7-11,15H,1,4-6,12-14,16-17H2,2H3/b15-7+. The van der Waals surface area contributed by atoms with Crippen molar-refractivity contribution in [3.63, 3.8) is 0 Å². The highest BCUT2D eigenvalue weighted by Gasteiger charge is 2.21. The van der Waals surface area contributed by atoms with Crippen LogP contribution in [0.15, 0.2) is 54.1 Å². The van der Waals surface area contributed by atoms with Gasteiger partial charge in [-0.25, -0.2) is 8.42 Å². The van der Waals surface area contributed by atoms with Gasteiger partial charge in [0.15, 0.2) is 0 Å². The zero-order chi connectivity index (χ0) is 19.7. The van der Waals surface area contributed by atoms with E-state index in [1.54, 1.807) is 41.3 Å². The number of benzene rings is 1. The Morgan fingerprint density at radius 3 is 2.56 bits per heavy atom. The van der Waals surface area contributed by atoms with Gasteiger partial charge in [0.2, 0.25) is 5.91 Å². The molecule has 0 spiro atoms. The molecule has 1 fully saturated rings. The molecule has 1 amide bonds. The molecule has 0 saturated carbocycles. The number of amides is 1. The van der Waals surface area contributed by atoms with E-state index in [4.69, 9.17) is 4.74 Å². The first-order chi connectivity index (χ1) is 12.9. The number of likely N-dealkylation sites (tertiary alicyclic amines) is 1. The highest BCUT2D eigenvalue weighted by atomic mass is 32.2. The summed E-state index contributed by atoms with van der Waals surface area (Å²) in [7, 11) is -3.64.